The topological polar surface area (TPSA) is 36.0 Å². The molecule has 5 nitrogen and oxygen atoms in total. The second kappa shape index (κ2) is 11.3. The van der Waals surface area contributed by atoms with Crippen LogP contribution < -0.4 is 9.64 Å². The Hall–Kier alpha value is -2.74. The third-order valence-electron chi connectivity index (χ3n) is 7.08. The van der Waals surface area contributed by atoms with Crippen molar-refractivity contribution < 1.29 is 22.7 Å². The highest BCUT2D eigenvalue weighted by Crippen LogP contribution is 2.30. The fourth-order valence-corrected chi connectivity index (χ4v) is 4.96. The molecule has 2 fully saturated rings. The van der Waals surface area contributed by atoms with Crippen LogP contribution in [0.2, 0.25) is 0 Å². The average molecular weight is 490 g/mol. The molecule has 1 aliphatic carbocycles. The first kappa shape index (κ1) is 25.4. The summed E-state index contributed by atoms with van der Waals surface area (Å²) < 4.78 is 44.8. The number of alkyl halides is 3. The maximum Gasteiger partial charge on any atom is 0.416 e. The summed E-state index contributed by atoms with van der Waals surface area (Å²) in [7, 11) is 2.21. The molecule has 0 aromatic heterocycles. The summed E-state index contributed by atoms with van der Waals surface area (Å²) in [6.45, 7) is 3.90. The predicted molar refractivity (Wildman–Crippen MR) is 131 cm³/mol. The van der Waals surface area contributed by atoms with Gasteiger partial charge in [0.15, 0.2) is 0 Å². The molecular weight excluding hydrogens is 455 g/mol. The van der Waals surface area contributed by atoms with E-state index in [2.05, 4.69) is 16.8 Å². The molecule has 1 saturated heterocycles. The fraction of sp³-hybridized carbons (Fsp3) is 0.519. The number of anilines is 1. The molecule has 0 radical (unpaired) electrons. The number of carbonyl (C=O) groups excluding carboxylic acids is 1. The lowest BCUT2D eigenvalue weighted by molar-refractivity contribution is -0.137. The molecule has 0 unspecified atom stereocenters. The molecule has 2 aromatic carbocycles. The van der Waals surface area contributed by atoms with E-state index in [4.69, 9.17) is 4.74 Å². The minimum atomic E-state index is -4.46. The number of halogens is 3. The smallest absolute Gasteiger partial charge is 0.416 e. The van der Waals surface area contributed by atoms with Crippen LogP contribution in [0.25, 0.3) is 0 Å². The van der Waals surface area contributed by atoms with Gasteiger partial charge in [-0.3, -0.25) is 4.79 Å². The zero-order valence-electron chi connectivity index (χ0n) is 20.3. The summed E-state index contributed by atoms with van der Waals surface area (Å²) in [4.78, 5) is 19.0. The van der Waals surface area contributed by atoms with Crippen molar-refractivity contribution >= 4 is 11.6 Å². The monoisotopic (exact) mass is 489 g/mol. The zero-order chi connectivity index (χ0) is 24.8. The number of carbonyl (C=O) groups is 1. The molecule has 35 heavy (non-hydrogen) atoms. The van der Waals surface area contributed by atoms with E-state index in [-0.39, 0.29) is 11.5 Å². The van der Waals surface area contributed by atoms with Gasteiger partial charge in [-0.25, -0.2) is 0 Å². The summed E-state index contributed by atoms with van der Waals surface area (Å²) in [6.07, 6.45) is 1.85. The van der Waals surface area contributed by atoms with Gasteiger partial charge in [-0.1, -0.05) is 18.9 Å². The molecule has 0 bridgehead atoms. The highest BCUT2D eigenvalue weighted by atomic mass is 19.4. The Morgan fingerprint density at radius 1 is 1.03 bits per heavy atom. The van der Waals surface area contributed by atoms with Gasteiger partial charge in [0.05, 0.1) is 12.2 Å². The standard InChI is InChI=1S/C27H34F3N3O2/c1-31(23-8-2-3-9-23)14-5-19-35-25-12-10-24(11-13-25)32-15-17-33(18-16-32)26(34)21-6-4-7-22(20-21)27(28,29)30/h4,6-7,10-13,20,23H,2-3,5,8-9,14-19H2,1H3. The third kappa shape index (κ3) is 6.69. The Balaban J connectivity index is 1.22. The van der Waals surface area contributed by atoms with E-state index in [0.717, 1.165) is 42.6 Å². The number of piperazine rings is 1. The van der Waals surface area contributed by atoms with Crippen LogP contribution in [-0.4, -0.2) is 68.1 Å². The van der Waals surface area contributed by atoms with Gasteiger partial charge in [-0.15, -0.1) is 0 Å². The first-order chi connectivity index (χ1) is 16.8. The van der Waals surface area contributed by atoms with Crippen LogP contribution in [0.15, 0.2) is 48.5 Å². The first-order valence-electron chi connectivity index (χ1n) is 12.5. The summed E-state index contributed by atoms with van der Waals surface area (Å²) in [5.41, 5.74) is 0.318. The van der Waals surface area contributed by atoms with Gasteiger partial charge >= 0.3 is 6.18 Å². The Bertz CT molecular complexity index is 966. The van der Waals surface area contributed by atoms with Crippen molar-refractivity contribution in [2.24, 2.45) is 0 Å². The van der Waals surface area contributed by atoms with Gasteiger partial charge in [0.2, 0.25) is 0 Å². The van der Waals surface area contributed by atoms with Gasteiger partial charge in [-0.05, 0) is 68.8 Å². The van der Waals surface area contributed by atoms with Crippen LogP contribution in [-0.2, 0) is 6.18 Å². The summed E-state index contributed by atoms with van der Waals surface area (Å²) >= 11 is 0. The molecule has 0 atom stereocenters. The number of nitrogens with zero attached hydrogens (tertiary/aromatic N) is 3. The van der Waals surface area contributed by atoms with Crippen molar-refractivity contribution in [1.82, 2.24) is 9.80 Å². The van der Waals surface area contributed by atoms with Crippen LogP contribution in [0.3, 0.4) is 0 Å². The van der Waals surface area contributed by atoms with Crippen molar-refractivity contribution in [2.45, 2.75) is 44.3 Å². The summed E-state index contributed by atoms with van der Waals surface area (Å²) in [6, 6.07) is 13.3. The molecule has 2 aromatic rings. The normalized spacial score (nSPS) is 17.3. The number of benzene rings is 2. The lowest BCUT2D eigenvalue weighted by Crippen LogP contribution is -2.48. The molecule has 190 valence electrons. The number of hydrogen-bond donors (Lipinski definition) is 0. The minimum Gasteiger partial charge on any atom is -0.494 e. The van der Waals surface area contributed by atoms with E-state index in [0.29, 0.717) is 32.8 Å². The molecule has 0 spiro atoms. The van der Waals surface area contributed by atoms with Gasteiger partial charge in [-0.2, -0.15) is 13.2 Å². The highest BCUT2D eigenvalue weighted by molar-refractivity contribution is 5.94. The lowest BCUT2D eigenvalue weighted by atomic mass is 10.1. The van der Waals surface area contributed by atoms with E-state index in [1.54, 1.807) is 4.90 Å². The van der Waals surface area contributed by atoms with Crippen molar-refractivity contribution in [2.75, 3.05) is 51.3 Å². The number of rotatable bonds is 8. The molecule has 1 saturated carbocycles. The molecule has 1 aliphatic heterocycles. The van der Waals surface area contributed by atoms with E-state index < -0.39 is 11.7 Å². The van der Waals surface area contributed by atoms with Crippen LogP contribution in [0, 0.1) is 0 Å². The molecule has 1 amide bonds. The number of hydrogen-bond acceptors (Lipinski definition) is 4. The van der Waals surface area contributed by atoms with Crippen molar-refractivity contribution in [3.63, 3.8) is 0 Å². The van der Waals surface area contributed by atoms with Crippen molar-refractivity contribution in [3.8, 4) is 5.75 Å². The van der Waals surface area contributed by atoms with Crippen molar-refractivity contribution in [1.29, 1.82) is 0 Å². The Kier molecular flexibility index (Phi) is 8.21. The molecule has 1 heterocycles. The second-order valence-electron chi connectivity index (χ2n) is 9.47. The van der Waals surface area contributed by atoms with Gasteiger partial charge < -0.3 is 19.4 Å². The predicted octanol–water partition coefficient (Wildman–Crippen LogP) is 5.31. The number of ether oxygens (including phenoxy) is 1. The third-order valence-corrected chi connectivity index (χ3v) is 7.08. The van der Waals surface area contributed by atoms with E-state index in [9.17, 15) is 18.0 Å². The largest absolute Gasteiger partial charge is 0.494 e. The fourth-order valence-electron chi connectivity index (χ4n) is 4.96. The van der Waals surface area contributed by atoms with E-state index in [1.807, 2.05) is 24.3 Å². The quantitative estimate of drug-likeness (QED) is 0.471. The maximum absolute atomic E-state index is 13.0. The van der Waals surface area contributed by atoms with Crippen LogP contribution in [0.1, 0.15) is 48.0 Å². The minimum absolute atomic E-state index is 0.0733. The Morgan fingerprint density at radius 3 is 2.37 bits per heavy atom. The van der Waals surface area contributed by atoms with Crippen molar-refractivity contribution in [3.05, 3.63) is 59.7 Å². The molecule has 8 heteroatoms. The van der Waals surface area contributed by atoms with Crippen LogP contribution >= 0.6 is 0 Å². The molecular formula is C27H34F3N3O2. The summed E-state index contributed by atoms with van der Waals surface area (Å²) in [5, 5.41) is 0. The number of amides is 1. The SMILES string of the molecule is CN(CCCOc1ccc(N2CCN(C(=O)c3cccc(C(F)(F)F)c3)CC2)cc1)C1CCCC1. The Labute approximate surface area is 205 Å². The molecule has 2 aliphatic rings. The molecule has 4 rings (SSSR count). The van der Waals surface area contributed by atoms with Crippen LogP contribution in [0.5, 0.6) is 5.75 Å². The second-order valence-corrected chi connectivity index (χ2v) is 9.47. The average Bonchev–Trinajstić information content (AvgIpc) is 3.41. The van der Waals surface area contributed by atoms with Gasteiger partial charge in [0, 0.05) is 50.0 Å². The van der Waals surface area contributed by atoms with E-state index in [1.165, 1.54) is 37.8 Å². The molecule has 0 N–H and O–H groups in total. The van der Waals surface area contributed by atoms with Gasteiger partial charge in [0.25, 0.3) is 5.91 Å². The van der Waals surface area contributed by atoms with Crippen LogP contribution in [0.4, 0.5) is 18.9 Å². The zero-order valence-corrected chi connectivity index (χ0v) is 20.3. The van der Waals surface area contributed by atoms with Gasteiger partial charge in [0.1, 0.15) is 5.75 Å². The lowest BCUT2D eigenvalue weighted by Gasteiger charge is -2.36. The van der Waals surface area contributed by atoms with E-state index >= 15 is 0 Å². The summed E-state index contributed by atoms with van der Waals surface area (Å²) in [5.74, 6) is 0.480. The first-order valence-corrected chi connectivity index (χ1v) is 12.5. The Morgan fingerprint density at radius 2 is 1.71 bits per heavy atom. The maximum atomic E-state index is 13.0. The highest BCUT2D eigenvalue weighted by Gasteiger charge is 2.31.